The van der Waals surface area contributed by atoms with Gasteiger partial charge in [0.2, 0.25) is 11.8 Å². The maximum absolute atomic E-state index is 13.2. The predicted molar refractivity (Wildman–Crippen MR) is 117 cm³/mol. The van der Waals surface area contributed by atoms with Crippen LogP contribution in [0.1, 0.15) is 50.2 Å². The SMILES string of the molecule is C[C@H](C(=O)NC1CCCCC1)N(Cc1ccccc1Cl)C(=O)Cc1ccccc1. The Morgan fingerprint density at radius 3 is 2.38 bits per heavy atom. The summed E-state index contributed by atoms with van der Waals surface area (Å²) in [6, 6.07) is 16.7. The zero-order valence-electron chi connectivity index (χ0n) is 16.9. The van der Waals surface area contributed by atoms with E-state index >= 15 is 0 Å². The lowest BCUT2D eigenvalue weighted by molar-refractivity contribution is -0.140. The molecule has 3 rings (SSSR count). The van der Waals surface area contributed by atoms with Gasteiger partial charge in [-0.25, -0.2) is 0 Å². The Morgan fingerprint density at radius 1 is 1.03 bits per heavy atom. The Labute approximate surface area is 178 Å². The van der Waals surface area contributed by atoms with Crippen molar-refractivity contribution >= 4 is 23.4 Å². The summed E-state index contributed by atoms with van der Waals surface area (Å²) < 4.78 is 0. The molecule has 0 radical (unpaired) electrons. The molecule has 1 N–H and O–H groups in total. The van der Waals surface area contributed by atoms with Crippen LogP contribution in [0.25, 0.3) is 0 Å². The van der Waals surface area contributed by atoms with Crippen LogP contribution in [0.5, 0.6) is 0 Å². The molecule has 1 atom stereocenters. The first-order valence-electron chi connectivity index (χ1n) is 10.4. The highest BCUT2D eigenvalue weighted by atomic mass is 35.5. The zero-order chi connectivity index (χ0) is 20.6. The summed E-state index contributed by atoms with van der Waals surface area (Å²) in [6.07, 6.45) is 5.82. The molecular weight excluding hydrogens is 384 g/mol. The summed E-state index contributed by atoms with van der Waals surface area (Å²) in [7, 11) is 0. The van der Waals surface area contributed by atoms with Crippen LogP contribution in [0.2, 0.25) is 5.02 Å². The van der Waals surface area contributed by atoms with Crippen molar-refractivity contribution in [3.63, 3.8) is 0 Å². The molecular formula is C24H29ClN2O2. The van der Waals surface area contributed by atoms with E-state index in [1.165, 1.54) is 6.42 Å². The smallest absolute Gasteiger partial charge is 0.242 e. The Hall–Kier alpha value is -2.33. The highest BCUT2D eigenvalue weighted by molar-refractivity contribution is 6.31. The molecule has 0 aromatic heterocycles. The average molecular weight is 413 g/mol. The number of rotatable bonds is 7. The molecule has 1 saturated carbocycles. The van der Waals surface area contributed by atoms with Crippen LogP contribution >= 0.6 is 11.6 Å². The van der Waals surface area contributed by atoms with Gasteiger partial charge in [-0.3, -0.25) is 9.59 Å². The van der Waals surface area contributed by atoms with Gasteiger partial charge in [0.05, 0.1) is 6.42 Å². The lowest BCUT2D eigenvalue weighted by Gasteiger charge is -2.31. The second-order valence-corrected chi connectivity index (χ2v) is 8.20. The molecule has 2 aromatic rings. The van der Waals surface area contributed by atoms with E-state index in [2.05, 4.69) is 5.32 Å². The molecule has 0 heterocycles. The molecule has 2 aromatic carbocycles. The summed E-state index contributed by atoms with van der Waals surface area (Å²) in [5.74, 6) is -0.173. The maximum Gasteiger partial charge on any atom is 0.242 e. The topological polar surface area (TPSA) is 49.4 Å². The second kappa shape index (κ2) is 10.4. The Balaban J connectivity index is 1.76. The molecule has 5 heteroatoms. The zero-order valence-corrected chi connectivity index (χ0v) is 17.7. The summed E-state index contributed by atoms with van der Waals surface area (Å²) in [4.78, 5) is 27.8. The number of hydrogen-bond donors (Lipinski definition) is 1. The number of nitrogens with zero attached hydrogens (tertiary/aromatic N) is 1. The number of nitrogens with one attached hydrogen (secondary N) is 1. The van der Waals surface area contributed by atoms with Crippen molar-refractivity contribution in [1.82, 2.24) is 10.2 Å². The summed E-state index contributed by atoms with van der Waals surface area (Å²) in [5.41, 5.74) is 1.77. The molecule has 1 fully saturated rings. The van der Waals surface area contributed by atoms with E-state index in [-0.39, 0.29) is 24.3 Å². The summed E-state index contributed by atoms with van der Waals surface area (Å²) in [6.45, 7) is 2.11. The molecule has 4 nitrogen and oxygen atoms in total. The molecule has 0 saturated heterocycles. The molecule has 154 valence electrons. The van der Waals surface area contributed by atoms with Crippen LogP contribution in [-0.4, -0.2) is 28.8 Å². The Bertz CT molecular complexity index is 819. The number of hydrogen-bond acceptors (Lipinski definition) is 2. The number of amides is 2. The van der Waals surface area contributed by atoms with Gasteiger partial charge in [0.25, 0.3) is 0 Å². The largest absolute Gasteiger partial charge is 0.352 e. The molecule has 0 aliphatic heterocycles. The van der Waals surface area contributed by atoms with E-state index in [0.717, 1.165) is 36.8 Å². The highest BCUT2D eigenvalue weighted by Gasteiger charge is 2.28. The van der Waals surface area contributed by atoms with Crippen molar-refractivity contribution in [2.75, 3.05) is 0 Å². The van der Waals surface area contributed by atoms with E-state index in [1.807, 2.05) is 54.6 Å². The van der Waals surface area contributed by atoms with Gasteiger partial charge < -0.3 is 10.2 Å². The first kappa shape index (κ1) is 21.4. The van der Waals surface area contributed by atoms with Gasteiger partial charge in [0.1, 0.15) is 6.04 Å². The van der Waals surface area contributed by atoms with Gasteiger partial charge in [-0.05, 0) is 37.0 Å². The highest BCUT2D eigenvalue weighted by Crippen LogP contribution is 2.21. The van der Waals surface area contributed by atoms with Crippen molar-refractivity contribution in [3.05, 3.63) is 70.7 Å². The molecule has 29 heavy (non-hydrogen) atoms. The Kier molecular flexibility index (Phi) is 7.70. The number of carbonyl (C=O) groups is 2. The van der Waals surface area contributed by atoms with Gasteiger partial charge in [0, 0.05) is 17.6 Å². The average Bonchev–Trinajstić information content (AvgIpc) is 2.74. The minimum Gasteiger partial charge on any atom is -0.352 e. The number of benzene rings is 2. The van der Waals surface area contributed by atoms with Crippen molar-refractivity contribution in [2.24, 2.45) is 0 Å². The third-order valence-electron chi connectivity index (χ3n) is 5.62. The monoisotopic (exact) mass is 412 g/mol. The summed E-state index contributed by atoms with van der Waals surface area (Å²) in [5, 5.41) is 3.75. The first-order chi connectivity index (χ1) is 14.0. The van der Waals surface area contributed by atoms with E-state index in [4.69, 9.17) is 11.6 Å². The molecule has 2 amide bonds. The lowest BCUT2D eigenvalue weighted by atomic mass is 9.95. The van der Waals surface area contributed by atoms with Crippen LogP contribution in [0.15, 0.2) is 54.6 Å². The first-order valence-corrected chi connectivity index (χ1v) is 10.8. The molecule has 0 bridgehead atoms. The van der Waals surface area contributed by atoms with E-state index in [0.29, 0.717) is 11.6 Å². The van der Waals surface area contributed by atoms with Crippen LogP contribution in [0.4, 0.5) is 0 Å². The minimum absolute atomic E-state index is 0.0811. The molecule has 1 aliphatic rings. The molecule has 0 spiro atoms. The fourth-order valence-corrected chi connectivity index (χ4v) is 4.03. The molecule has 0 unspecified atom stereocenters. The van der Waals surface area contributed by atoms with Gasteiger partial charge in [-0.15, -0.1) is 0 Å². The van der Waals surface area contributed by atoms with Gasteiger partial charge in [-0.1, -0.05) is 79.4 Å². The summed E-state index contributed by atoms with van der Waals surface area (Å²) >= 11 is 6.33. The Morgan fingerprint density at radius 2 is 1.69 bits per heavy atom. The van der Waals surface area contributed by atoms with Crippen LogP contribution in [0, 0.1) is 0 Å². The third kappa shape index (κ3) is 6.07. The van der Waals surface area contributed by atoms with E-state index < -0.39 is 6.04 Å². The minimum atomic E-state index is -0.565. The number of carbonyl (C=O) groups excluding carboxylic acids is 2. The van der Waals surface area contributed by atoms with Crippen LogP contribution < -0.4 is 5.32 Å². The van der Waals surface area contributed by atoms with E-state index in [9.17, 15) is 9.59 Å². The van der Waals surface area contributed by atoms with Gasteiger partial charge >= 0.3 is 0 Å². The normalized spacial score (nSPS) is 15.5. The standard InChI is InChI=1S/C24H29ClN2O2/c1-18(24(29)26-21-13-6-3-7-14-21)27(17-20-12-8-9-15-22(20)25)23(28)16-19-10-4-2-5-11-19/h2,4-5,8-12,15,18,21H,3,6-7,13-14,16-17H2,1H3,(H,26,29)/t18-/m1/s1. The fraction of sp³-hybridized carbons (Fsp3) is 0.417. The van der Waals surface area contributed by atoms with Crippen molar-refractivity contribution in [2.45, 2.75) is 64.1 Å². The van der Waals surface area contributed by atoms with Crippen LogP contribution in [-0.2, 0) is 22.6 Å². The van der Waals surface area contributed by atoms with Gasteiger partial charge in [0.15, 0.2) is 0 Å². The van der Waals surface area contributed by atoms with Gasteiger partial charge in [-0.2, -0.15) is 0 Å². The maximum atomic E-state index is 13.2. The fourth-order valence-electron chi connectivity index (χ4n) is 3.83. The second-order valence-electron chi connectivity index (χ2n) is 7.79. The van der Waals surface area contributed by atoms with Crippen molar-refractivity contribution < 1.29 is 9.59 Å². The van der Waals surface area contributed by atoms with Crippen molar-refractivity contribution in [3.8, 4) is 0 Å². The number of halogens is 1. The predicted octanol–water partition coefficient (Wildman–Crippen LogP) is 4.75. The van der Waals surface area contributed by atoms with Crippen LogP contribution in [0.3, 0.4) is 0 Å². The lowest BCUT2D eigenvalue weighted by Crippen LogP contribution is -2.50. The quantitative estimate of drug-likeness (QED) is 0.713. The van der Waals surface area contributed by atoms with Crippen molar-refractivity contribution in [1.29, 1.82) is 0 Å². The third-order valence-corrected chi connectivity index (χ3v) is 5.98. The van der Waals surface area contributed by atoms with E-state index in [1.54, 1.807) is 11.8 Å². The molecule has 1 aliphatic carbocycles.